The number of rotatable bonds is 6. The first-order chi connectivity index (χ1) is 17.7. The molecule has 0 fully saturated rings. The van der Waals surface area contributed by atoms with Crippen LogP contribution in [0.1, 0.15) is 42.4 Å². The molecule has 186 valence electrons. The number of carbonyl (C=O) groups excluding carboxylic acids is 2. The van der Waals surface area contributed by atoms with Crippen molar-refractivity contribution in [3.05, 3.63) is 89.8 Å². The Morgan fingerprint density at radius 3 is 2.65 bits per heavy atom. The lowest BCUT2D eigenvalue weighted by Gasteiger charge is -2.26. The molecule has 2 aromatic carbocycles. The molecule has 9 heteroatoms. The average molecular weight is 497 g/mol. The van der Waals surface area contributed by atoms with Crippen LogP contribution >= 0.6 is 0 Å². The van der Waals surface area contributed by atoms with Gasteiger partial charge in [0.1, 0.15) is 17.8 Å². The number of aromatic nitrogens is 5. The van der Waals surface area contributed by atoms with Crippen molar-refractivity contribution in [1.82, 2.24) is 29.9 Å². The van der Waals surface area contributed by atoms with Gasteiger partial charge >= 0.3 is 0 Å². The number of nitrogens with zero attached hydrogens (tertiary/aromatic N) is 5. The van der Waals surface area contributed by atoms with Crippen molar-refractivity contribution < 1.29 is 14.0 Å². The molecule has 1 unspecified atom stereocenters. The Balaban J connectivity index is 1.42. The van der Waals surface area contributed by atoms with Crippen LogP contribution in [-0.4, -0.2) is 42.8 Å². The van der Waals surface area contributed by atoms with Crippen LogP contribution in [0.5, 0.6) is 0 Å². The Hall–Kier alpha value is -4.53. The summed E-state index contributed by atoms with van der Waals surface area (Å²) >= 11 is 0. The van der Waals surface area contributed by atoms with Crippen molar-refractivity contribution in [2.45, 2.75) is 33.2 Å². The first-order valence-electron chi connectivity index (χ1n) is 11.8. The summed E-state index contributed by atoms with van der Waals surface area (Å²) in [6.07, 6.45) is 6.23. The van der Waals surface area contributed by atoms with Crippen LogP contribution in [0.25, 0.3) is 27.9 Å². The molecule has 3 aromatic heterocycles. The van der Waals surface area contributed by atoms with Gasteiger partial charge in [0.2, 0.25) is 0 Å². The summed E-state index contributed by atoms with van der Waals surface area (Å²) in [6, 6.07) is 13.5. The smallest absolute Gasteiger partial charge is 0.254 e. The van der Waals surface area contributed by atoms with E-state index in [1.54, 1.807) is 23.0 Å². The van der Waals surface area contributed by atoms with E-state index < -0.39 is 23.2 Å². The summed E-state index contributed by atoms with van der Waals surface area (Å²) in [5, 5.41) is 8.28. The minimum Gasteiger partial charge on any atom is -0.342 e. The van der Waals surface area contributed by atoms with Gasteiger partial charge in [-0.1, -0.05) is 39.0 Å². The summed E-state index contributed by atoms with van der Waals surface area (Å²) < 4.78 is 16.6. The molecule has 5 aromatic rings. The predicted molar refractivity (Wildman–Crippen MR) is 137 cm³/mol. The standard InChI is InChI=1S/C28H25FN6O2/c1-28(2,3)25(16-36)33-26(37)21-8-7-19(13-22(21)29)24-15-32-27-31-14-20(35(27)34-24)12-17-6-9-23-18(11-17)5-4-10-30-23/h4-11,13-16,25H,12H2,1-3H3,(H,33,37). The third-order valence-electron chi connectivity index (χ3n) is 6.22. The Labute approximate surface area is 212 Å². The van der Waals surface area contributed by atoms with Gasteiger partial charge in [-0.2, -0.15) is 5.10 Å². The number of benzene rings is 2. The van der Waals surface area contributed by atoms with E-state index in [0.29, 0.717) is 29.7 Å². The summed E-state index contributed by atoms with van der Waals surface area (Å²) in [7, 11) is 0. The zero-order chi connectivity index (χ0) is 26.2. The number of fused-ring (bicyclic) bond motifs is 2. The highest BCUT2D eigenvalue weighted by Gasteiger charge is 2.27. The third kappa shape index (κ3) is 4.93. The largest absolute Gasteiger partial charge is 0.342 e. The molecular weight excluding hydrogens is 471 g/mol. The molecule has 8 nitrogen and oxygen atoms in total. The maximum atomic E-state index is 15.0. The molecule has 0 radical (unpaired) electrons. The molecule has 1 amide bonds. The summed E-state index contributed by atoms with van der Waals surface area (Å²) in [5.74, 6) is -0.939. The van der Waals surface area contributed by atoms with E-state index in [4.69, 9.17) is 0 Å². The quantitative estimate of drug-likeness (QED) is 0.349. The fourth-order valence-corrected chi connectivity index (χ4v) is 4.05. The topological polar surface area (TPSA) is 102 Å². The highest BCUT2D eigenvalue weighted by molar-refractivity contribution is 5.96. The SMILES string of the molecule is CC(C)(C)C(C=O)NC(=O)c1ccc(-c2cnc3ncc(Cc4ccc5ncccc5c4)n3n2)cc1F. The van der Waals surface area contributed by atoms with Crippen LogP contribution in [0.3, 0.4) is 0 Å². The second kappa shape index (κ2) is 9.50. The Morgan fingerprint density at radius 1 is 1.08 bits per heavy atom. The molecular formula is C28H25FN6O2. The molecule has 0 saturated heterocycles. The summed E-state index contributed by atoms with van der Waals surface area (Å²) in [4.78, 5) is 37.1. The molecule has 5 rings (SSSR count). The molecule has 0 aliphatic rings. The Bertz CT molecular complexity index is 1640. The molecule has 0 bridgehead atoms. The van der Waals surface area contributed by atoms with Gasteiger partial charge in [-0.15, -0.1) is 0 Å². The minimum atomic E-state index is -0.745. The number of carbonyl (C=O) groups is 2. The van der Waals surface area contributed by atoms with Gasteiger partial charge in [-0.25, -0.2) is 18.9 Å². The van der Waals surface area contributed by atoms with E-state index in [2.05, 4.69) is 31.4 Å². The van der Waals surface area contributed by atoms with Crippen molar-refractivity contribution in [3.63, 3.8) is 0 Å². The van der Waals surface area contributed by atoms with E-state index >= 15 is 0 Å². The molecule has 1 atom stereocenters. The second-order valence-corrected chi connectivity index (χ2v) is 9.96. The van der Waals surface area contributed by atoms with Crippen LogP contribution in [-0.2, 0) is 11.2 Å². The van der Waals surface area contributed by atoms with Gasteiger partial charge in [0.05, 0.1) is 35.2 Å². The maximum absolute atomic E-state index is 15.0. The normalized spacial score (nSPS) is 12.5. The monoisotopic (exact) mass is 496 g/mol. The lowest BCUT2D eigenvalue weighted by Crippen LogP contribution is -2.45. The molecule has 37 heavy (non-hydrogen) atoms. The fraction of sp³-hybridized carbons (Fsp3) is 0.214. The van der Waals surface area contributed by atoms with Crippen LogP contribution in [0.4, 0.5) is 4.39 Å². The first-order valence-corrected chi connectivity index (χ1v) is 11.8. The minimum absolute atomic E-state index is 0.150. The molecule has 0 spiro atoms. The number of pyridine rings is 1. The number of nitrogens with one attached hydrogen (secondary N) is 1. The van der Waals surface area contributed by atoms with Crippen molar-refractivity contribution in [3.8, 4) is 11.3 Å². The zero-order valence-corrected chi connectivity index (χ0v) is 20.6. The van der Waals surface area contributed by atoms with E-state index in [0.717, 1.165) is 22.2 Å². The second-order valence-electron chi connectivity index (χ2n) is 9.96. The molecule has 0 saturated carbocycles. The van der Waals surface area contributed by atoms with E-state index in [-0.39, 0.29) is 5.56 Å². The van der Waals surface area contributed by atoms with Gasteiger partial charge in [0.25, 0.3) is 11.7 Å². The van der Waals surface area contributed by atoms with Gasteiger partial charge < -0.3 is 10.1 Å². The molecule has 0 aliphatic heterocycles. The Morgan fingerprint density at radius 2 is 1.89 bits per heavy atom. The number of imidazole rings is 1. The van der Waals surface area contributed by atoms with Crippen molar-refractivity contribution in [1.29, 1.82) is 0 Å². The molecule has 0 aliphatic carbocycles. The van der Waals surface area contributed by atoms with Crippen LogP contribution in [0.2, 0.25) is 0 Å². The zero-order valence-electron chi connectivity index (χ0n) is 20.6. The van der Waals surface area contributed by atoms with E-state index in [1.165, 1.54) is 18.3 Å². The first kappa shape index (κ1) is 24.2. The van der Waals surface area contributed by atoms with Crippen LogP contribution < -0.4 is 5.32 Å². The van der Waals surface area contributed by atoms with Crippen molar-refractivity contribution in [2.24, 2.45) is 5.41 Å². The number of hydrogen-bond acceptors (Lipinski definition) is 6. The number of halogens is 1. The van der Waals surface area contributed by atoms with Crippen LogP contribution in [0.15, 0.2) is 67.1 Å². The number of aldehydes is 1. The highest BCUT2D eigenvalue weighted by Crippen LogP contribution is 2.23. The number of hydrogen-bond donors (Lipinski definition) is 1. The van der Waals surface area contributed by atoms with Crippen molar-refractivity contribution in [2.75, 3.05) is 0 Å². The van der Waals surface area contributed by atoms with E-state index in [9.17, 15) is 14.0 Å². The average Bonchev–Trinajstić information content (AvgIpc) is 3.28. The van der Waals surface area contributed by atoms with Gasteiger partial charge in [-0.05, 0) is 41.3 Å². The lowest BCUT2D eigenvalue weighted by molar-refractivity contribution is -0.111. The third-order valence-corrected chi connectivity index (χ3v) is 6.22. The van der Waals surface area contributed by atoms with Gasteiger partial charge in [0.15, 0.2) is 0 Å². The fourth-order valence-electron chi connectivity index (χ4n) is 4.05. The Kier molecular flexibility index (Phi) is 6.20. The molecule has 1 N–H and O–H groups in total. The molecule has 3 heterocycles. The van der Waals surface area contributed by atoms with Crippen LogP contribution in [0, 0.1) is 11.2 Å². The number of amides is 1. The highest BCUT2D eigenvalue weighted by atomic mass is 19.1. The summed E-state index contributed by atoms with van der Waals surface area (Å²) in [6.45, 7) is 5.46. The maximum Gasteiger partial charge on any atom is 0.254 e. The van der Waals surface area contributed by atoms with Crippen molar-refractivity contribution >= 4 is 28.9 Å². The lowest BCUT2D eigenvalue weighted by atomic mass is 9.87. The van der Waals surface area contributed by atoms with Gasteiger partial charge in [0, 0.05) is 23.6 Å². The predicted octanol–water partition coefficient (Wildman–Crippen LogP) is 4.41. The summed E-state index contributed by atoms with van der Waals surface area (Å²) in [5.41, 5.74) is 3.06. The van der Waals surface area contributed by atoms with Gasteiger partial charge in [-0.3, -0.25) is 9.78 Å². The van der Waals surface area contributed by atoms with E-state index in [1.807, 2.05) is 45.0 Å².